The molecule has 3 heterocycles. The maximum atomic E-state index is 14.0. The van der Waals surface area contributed by atoms with Crippen LogP contribution in [-0.2, 0) is 10.0 Å². The van der Waals surface area contributed by atoms with E-state index < -0.39 is 15.8 Å². The van der Waals surface area contributed by atoms with Crippen molar-refractivity contribution in [1.82, 2.24) is 14.2 Å². The van der Waals surface area contributed by atoms with Crippen LogP contribution in [0.3, 0.4) is 0 Å². The van der Waals surface area contributed by atoms with E-state index in [-0.39, 0.29) is 28.3 Å². The number of ether oxygens (including phenoxy) is 1. The molecule has 1 amide bonds. The number of fused-ring (bicyclic) bond motifs is 1. The van der Waals surface area contributed by atoms with Crippen molar-refractivity contribution < 1.29 is 22.3 Å². The summed E-state index contributed by atoms with van der Waals surface area (Å²) >= 11 is 3.36. The summed E-state index contributed by atoms with van der Waals surface area (Å²) < 4.78 is 47.3. The number of nitrogens with zero attached hydrogens (tertiary/aromatic N) is 3. The van der Waals surface area contributed by atoms with Crippen molar-refractivity contribution in [2.75, 3.05) is 19.7 Å². The highest BCUT2D eigenvalue weighted by Crippen LogP contribution is 2.52. The second-order valence-corrected chi connectivity index (χ2v) is 11.5. The standard InChI is InChI=1S/C21H21BrFN3O4S/c1-13-10-30-19-16(6-14(22)9-24-19)20(27)26(13)15-7-21(8-15)11-25(12-21)31(28,29)18-5-3-2-4-17(18)23/h2-6,9,13,15H,7-8,10-12H2,1H3/t13-/m1/s1. The maximum Gasteiger partial charge on any atom is 0.259 e. The average Bonchev–Trinajstić information content (AvgIpc) is 2.77. The van der Waals surface area contributed by atoms with Crippen LogP contribution in [0.1, 0.15) is 30.1 Å². The summed E-state index contributed by atoms with van der Waals surface area (Å²) in [6, 6.07) is 7.04. The van der Waals surface area contributed by atoms with Crippen LogP contribution in [0, 0.1) is 11.2 Å². The first-order valence-corrected chi connectivity index (χ1v) is 12.3. The molecular formula is C21H21BrFN3O4S. The zero-order valence-corrected chi connectivity index (χ0v) is 19.2. The Kier molecular flexibility index (Phi) is 4.87. The third kappa shape index (κ3) is 3.35. The lowest BCUT2D eigenvalue weighted by molar-refractivity contribution is -0.0756. The molecule has 31 heavy (non-hydrogen) atoms. The van der Waals surface area contributed by atoms with E-state index in [1.54, 1.807) is 12.3 Å². The van der Waals surface area contributed by atoms with E-state index in [0.29, 0.717) is 48.5 Å². The van der Waals surface area contributed by atoms with Gasteiger partial charge in [-0.1, -0.05) is 12.1 Å². The van der Waals surface area contributed by atoms with Crippen LogP contribution in [0.2, 0.25) is 0 Å². The van der Waals surface area contributed by atoms with Gasteiger partial charge in [-0.2, -0.15) is 4.31 Å². The second-order valence-electron chi connectivity index (χ2n) is 8.64. The number of amides is 1. The Morgan fingerprint density at radius 1 is 1.26 bits per heavy atom. The van der Waals surface area contributed by atoms with Gasteiger partial charge in [0.05, 0.1) is 6.04 Å². The lowest BCUT2D eigenvalue weighted by Gasteiger charge is -2.60. The molecule has 3 aliphatic rings. The molecule has 1 atom stereocenters. The molecule has 5 rings (SSSR count). The number of carbonyl (C=O) groups excluding carboxylic acids is 1. The van der Waals surface area contributed by atoms with Gasteiger partial charge in [0.15, 0.2) is 0 Å². The first-order valence-electron chi connectivity index (χ1n) is 10.1. The molecule has 0 bridgehead atoms. The van der Waals surface area contributed by atoms with Crippen LogP contribution in [0.15, 0.2) is 45.9 Å². The second kappa shape index (κ2) is 7.25. The zero-order chi connectivity index (χ0) is 22.0. The van der Waals surface area contributed by atoms with Crippen LogP contribution in [0.5, 0.6) is 5.88 Å². The van der Waals surface area contributed by atoms with E-state index in [9.17, 15) is 17.6 Å². The summed E-state index contributed by atoms with van der Waals surface area (Å²) in [5.74, 6) is -0.524. The van der Waals surface area contributed by atoms with Gasteiger partial charge in [0.25, 0.3) is 5.91 Å². The molecule has 1 spiro atoms. The molecule has 0 N–H and O–H groups in total. The fourth-order valence-corrected chi connectivity index (χ4v) is 6.96. The van der Waals surface area contributed by atoms with Gasteiger partial charge in [-0.3, -0.25) is 4.79 Å². The predicted molar refractivity (Wildman–Crippen MR) is 114 cm³/mol. The van der Waals surface area contributed by atoms with Crippen molar-refractivity contribution in [2.45, 2.75) is 36.7 Å². The van der Waals surface area contributed by atoms with E-state index in [1.165, 1.54) is 22.5 Å². The number of rotatable bonds is 3. The lowest BCUT2D eigenvalue weighted by Crippen LogP contribution is -2.68. The quantitative estimate of drug-likeness (QED) is 0.635. The summed E-state index contributed by atoms with van der Waals surface area (Å²) in [6.45, 7) is 2.98. The zero-order valence-electron chi connectivity index (χ0n) is 16.8. The SMILES string of the molecule is C[C@@H]1COc2ncc(Br)cc2C(=O)N1C1CC2(C1)CN(S(=O)(=O)c1ccccc1F)C2. The minimum Gasteiger partial charge on any atom is -0.475 e. The van der Waals surface area contributed by atoms with Crippen molar-refractivity contribution in [3.8, 4) is 5.88 Å². The number of hydrogen-bond acceptors (Lipinski definition) is 5. The minimum atomic E-state index is -3.85. The number of halogens is 2. The third-order valence-electron chi connectivity index (χ3n) is 6.43. The van der Waals surface area contributed by atoms with E-state index >= 15 is 0 Å². The molecule has 1 saturated carbocycles. The molecular weight excluding hydrogens is 489 g/mol. The summed E-state index contributed by atoms with van der Waals surface area (Å²) in [7, 11) is -3.85. The van der Waals surface area contributed by atoms with Crippen LogP contribution >= 0.6 is 15.9 Å². The van der Waals surface area contributed by atoms with Crippen LogP contribution in [-0.4, -0.2) is 60.3 Å². The highest BCUT2D eigenvalue weighted by molar-refractivity contribution is 9.10. The fourth-order valence-electron chi connectivity index (χ4n) is 4.90. The number of pyridine rings is 1. The minimum absolute atomic E-state index is 0.00865. The molecule has 10 heteroatoms. The molecule has 164 valence electrons. The topological polar surface area (TPSA) is 79.8 Å². The van der Waals surface area contributed by atoms with Crippen molar-refractivity contribution in [1.29, 1.82) is 0 Å². The molecule has 1 aromatic carbocycles. The highest BCUT2D eigenvalue weighted by Gasteiger charge is 2.58. The first kappa shape index (κ1) is 20.8. The molecule has 7 nitrogen and oxygen atoms in total. The fraction of sp³-hybridized carbons (Fsp3) is 0.429. The van der Waals surface area contributed by atoms with E-state index in [4.69, 9.17) is 4.74 Å². The molecule has 1 aromatic heterocycles. The lowest BCUT2D eigenvalue weighted by atomic mass is 9.61. The Morgan fingerprint density at radius 2 is 1.97 bits per heavy atom. The summed E-state index contributed by atoms with van der Waals surface area (Å²) in [5, 5.41) is 0. The summed E-state index contributed by atoms with van der Waals surface area (Å²) in [5.41, 5.74) is 0.270. The van der Waals surface area contributed by atoms with E-state index in [1.807, 2.05) is 11.8 Å². The number of sulfonamides is 1. The Morgan fingerprint density at radius 3 is 2.68 bits per heavy atom. The van der Waals surface area contributed by atoms with Gasteiger partial charge >= 0.3 is 0 Å². The Labute approximate surface area is 188 Å². The van der Waals surface area contributed by atoms with Gasteiger partial charge in [-0.25, -0.2) is 17.8 Å². The summed E-state index contributed by atoms with van der Waals surface area (Å²) in [6.07, 6.45) is 3.02. The van der Waals surface area contributed by atoms with Crippen molar-refractivity contribution in [3.63, 3.8) is 0 Å². The number of benzene rings is 1. The molecule has 0 radical (unpaired) electrons. The molecule has 0 unspecified atom stereocenters. The van der Waals surface area contributed by atoms with Crippen LogP contribution in [0.4, 0.5) is 4.39 Å². The van der Waals surface area contributed by atoms with Gasteiger partial charge in [-0.05, 0) is 53.9 Å². The van der Waals surface area contributed by atoms with Crippen LogP contribution < -0.4 is 4.74 Å². The monoisotopic (exact) mass is 509 g/mol. The van der Waals surface area contributed by atoms with Gasteiger partial charge < -0.3 is 9.64 Å². The van der Waals surface area contributed by atoms with Gasteiger partial charge in [0.2, 0.25) is 15.9 Å². The smallest absolute Gasteiger partial charge is 0.259 e. The maximum absolute atomic E-state index is 14.0. The number of hydrogen-bond donors (Lipinski definition) is 0. The number of carbonyl (C=O) groups is 1. The first-order chi connectivity index (χ1) is 14.7. The number of aromatic nitrogens is 1. The molecule has 2 aliphatic heterocycles. The van der Waals surface area contributed by atoms with Crippen molar-refractivity contribution in [3.05, 3.63) is 52.4 Å². The summed E-state index contributed by atoms with van der Waals surface area (Å²) in [4.78, 5) is 19.0. The third-order valence-corrected chi connectivity index (χ3v) is 8.69. The van der Waals surface area contributed by atoms with E-state index in [0.717, 1.165) is 6.07 Å². The van der Waals surface area contributed by atoms with Crippen molar-refractivity contribution in [2.24, 2.45) is 5.41 Å². The van der Waals surface area contributed by atoms with E-state index in [2.05, 4.69) is 20.9 Å². The van der Waals surface area contributed by atoms with Gasteiger partial charge in [0, 0.05) is 35.2 Å². The highest BCUT2D eigenvalue weighted by atomic mass is 79.9. The molecule has 1 saturated heterocycles. The Bertz CT molecular complexity index is 1160. The predicted octanol–water partition coefficient (Wildman–Crippen LogP) is 3.06. The van der Waals surface area contributed by atoms with Gasteiger partial charge in [0.1, 0.15) is 22.9 Å². The van der Waals surface area contributed by atoms with Crippen molar-refractivity contribution >= 4 is 31.9 Å². The molecule has 2 aromatic rings. The van der Waals surface area contributed by atoms with Crippen LogP contribution in [0.25, 0.3) is 0 Å². The molecule has 1 aliphatic carbocycles. The van der Waals surface area contributed by atoms with Gasteiger partial charge in [-0.15, -0.1) is 0 Å². The Balaban J connectivity index is 1.29. The molecule has 2 fully saturated rings. The average molecular weight is 510 g/mol. The normalized spacial score (nSPS) is 23.5. The largest absolute Gasteiger partial charge is 0.475 e. The Hall–Kier alpha value is -2.04.